The average molecular weight is 186 g/mol. The summed E-state index contributed by atoms with van der Waals surface area (Å²) in [6.07, 6.45) is 0.359. The Morgan fingerprint density at radius 1 is 1.29 bits per heavy atom. The predicted molar refractivity (Wildman–Crippen MR) is 53.9 cm³/mol. The van der Waals surface area contributed by atoms with Crippen LogP contribution in [-0.2, 0) is 11.2 Å². The van der Waals surface area contributed by atoms with Gasteiger partial charge in [0.1, 0.15) is 5.78 Å². The Morgan fingerprint density at radius 2 is 2.07 bits per heavy atom. The molecule has 0 atom stereocenters. The average Bonchev–Trinajstić information content (AvgIpc) is 2.17. The van der Waals surface area contributed by atoms with Gasteiger partial charge in [0.2, 0.25) is 0 Å². The van der Waals surface area contributed by atoms with E-state index < -0.39 is 0 Å². The number of hydrogen-bond acceptors (Lipinski definition) is 3. The van der Waals surface area contributed by atoms with Crippen molar-refractivity contribution in [3.05, 3.63) is 36.0 Å². The van der Waals surface area contributed by atoms with Gasteiger partial charge in [0.25, 0.3) is 0 Å². The summed E-state index contributed by atoms with van der Waals surface area (Å²) in [5.74, 6) is 0.106. The molecule has 1 aromatic heterocycles. The lowest BCUT2D eigenvalue weighted by Crippen LogP contribution is -2.00. The van der Waals surface area contributed by atoms with Gasteiger partial charge in [0, 0.05) is 5.39 Å². The van der Waals surface area contributed by atoms with Gasteiger partial charge in [-0.05, 0) is 19.1 Å². The fourth-order valence-corrected chi connectivity index (χ4v) is 1.37. The second-order valence-corrected chi connectivity index (χ2v) is 3.27. The predicted octanol–water partition coefficient (Wildman–Crippen LogP) is 1.76. The summed E-state index contributed by atoms with van der Waals surface area (Å²) in [6, 6.07) is 9.64. The molecule has 14 heavy (non-hydrogen) atoms. The molecule has 2 aromatic rings. The summed E-state index contributed by atoms with van der Waals surface area (Å²) >= 11 is 0. The third kappa shape index (κ3) is 1.76. The lowest BCUT2D eigenvalue weighted by molar-refractivity contribution is -0.116. The lowest BCUT2D eigenvalue weighted by Gasteiger charge is -1.98. The van der Waals surface area contributed by atoms with Crippen molar-refractivity contribution in [2.24, 2.45) is 0 Å². The zero-order valence-corrected chi connectivity index (χ0v) is 7.90. The van der Waals surface area contributed by atoms with Gasteiger partial charge in [-0.2, -0.15) is 10.2 Å². The van der Waals surface area contributed by atoms with E-state index in [4.69, 9.17) is 0 Å². The molecule has 0 saturated carbocycles. The molecule has 0 spiro atoms. The van der Waals surface area contributed by atoms with Crippen LogP contribution in [0.3, 0.4) is 0 Å². The van der Waals surface area contributed by atoms with E-state index in [1.807, 2.05) is 30.3 Å². The first-order chi connectivity index (χ1) is 6.75. The molecule has 0 bridgehead atoms. The molecule has 3 nitrogen and oxygen atoms in total. The highest BCUT2D eigenvalue weighted by Crippen LogP contribution is 2.10. The van der Waals surface area contributed by atoms with Crippen molar-refractivity contribution in [1.29, 1.82) is 0 Å². The maximum atomic E-state index is 10.9. The summed E-state index contributed by atoms with van der Waals surface area (Å²) in [7, 11) is 0. The first-order valence-corrected chi connectivity index (χ1v) is 4.46. The van der Waals surface area contributed by atoms with Crippen molar-refractivity contribution < 1.29 is 4.79 Å². The largest absolute Gasteiger partial charge is 0.300 e. The molecule has 0 aliphatic carbocycles. The molecule has 3 heteroatoms. The van der Waals surface area contributed by atoms with Crippen molar-refractivity contribution >= 4 is 16.7 Å². The van der Waals surface area contributed by atoms with Crippen LogP contribution in [-0.4, -0.2) is 16.0 Å². The van der Waals surface area contributed by atoms with E-state index in [9.17, 15) is 4.79 Å². The molecule has 0 amide bonds. The van der Waals surface area contributed by atoms with Crippen molar-refractivity contribution in [2.45, 2.75) is 13.3 Å². The van der Waals surface area contributed by atoms with E-state index in [-0.39, 0.29) is 5.78 Å². The molecular formula is C11H10N2O. The van der Waals surface area contributed by atoms with Crippen LogP contribution in [0.25, 0.3) is 10.9 Å². The summed E-state index contributed by atoms with van der Waals surface area (Å²) in [4.78, 5) is 10.9. The number of nitrogens with zero attached hydrogens (tertiary/aromatic N) is 2. The summed E-state index contributed by atoms with van der Waals surface area (Å²) in [5, 5.41) is 9.03. The number of carbonyl (C=O) groups excluding carboxylic acids is 1. The van der Waals surface area contributed by atoms with Gasteiger partial charge in [-0.1, -0.05) is 18.2 Å². The Morgan fingerprint density at radius 3 is 2.86 bits per heavy atom. The Bertz CT molecular complexity index is 479. The van der Waals surface area contributed by atoms with Crippen molar-refractivity contribution in [3.63, 3.8) is 0 Å². The minimum atomic E-state index is 0.106. The third-order valence-corrected chi connectivity index (χ3v) is 1.98. The lowest BCUT2D eigenvalue weighted by atomic mass is 10.1. The fourth-order valence-electron chi connectivity index (χ4n) is 1.37. The van der Waals surface area contributed by atoms with E-state index >= 15 is 0 Å². The summed E-state index contributed by atoms with van der Waals surface area (Å²) in [5.41, 5.74) is 1.59. The van der Waals surface area contributed by atoms with Crippen LogP contribution in [0.4, 0.5) is 0 Å². The minimum Gasteiger partial charge on any atom is -0.300 e. The maximum absolute atomic E-state index is 10.9. The van der Waals surface area contributed by atoms with Gasteiger partial charge in [0.05, 0.1) is 17.6 Å². The van der Waals surface area contributed by atoms with E-state index in [0.29, 0.717) is 6.42 Å². The van der Waals surface area contributed by atoms with Gasteiger partial charge < -0.3 is 0 Å². The topological polar surface area (TPSA) is 42.9 Å². The molecule has 1 heterocycles. The Hall–Kier alpha value is -1.77. The van der Waals surface area contributed by atoms with Gasteiger partial charge >= 0.3 is 0 Å². The van der Waals surface area contributed by atoms with Crippen LogP contribution >= 0.6 is 0 Å². The van der Waals surface area contributed by atoms with Crippen LogP contribution in [0, 0.1) is 0 Å². The number of aromatic nitrogens is 2. The Balaban J connectivity index is 2.46. The molecule has 0 saturated heterocycles. The van der Waals surface area contributed by atoms with Crippen molar-refractivity contribution in [1.82, 2.24) is 10.2 Å². The quantitative estimate of drug-likeness (QED) is 0.717. The highest BCUT2D eigenvalue weighted by atomic mass is 16.1. The van der Waals surface area contributed by atoms with Crippen molar-refractivity contribution in [3.8, 4) is 0 Å². The fraction of sp³-hybridized carbons (Fsp3) is 0.182. The van der Waals surface area contributed by atoms with Crippen LogP contribution in [0.1, 0.15) is 12.6 Å². The number of ketones is 1. The molecule has 0 aliphatic rings. The van der Waals surface area contributed by atoms with E-state index in [0.717, 1.165) is 16.6 Å². The minimum absolute atomic E-state index is 0.106. The molecule has 0 radical (unpaired) electrons. The first-order valence-electron chi connectivity index (χ1n) is 4.46. The van der Waals surface area contributed by atoms with Gasteiger partial charge in [-0.15, -0.1) is 0 Å². The van der Waals surface area contributed by atoms with E-state index in [1.165, 1.54) is 0 Å². The monoisotopic (exact) mass is 186 g/mol. The van der Waals surface area contributed by atoms with E-state index in [1.54, 1.807) is 6.92 Å². The number of rotatable bonds is 2. The Kier molecular flexibility index (Phi) is 2.23. The SMILES string of the molecule is CC(=O)Cc1cc2ccccc2nn1. The van der Waals surface area contributed by atoms with Crippen LogP contribution in [0.5, 0.6) is 0 Å². The molecular weight excluding hydrogens is 176 g/mol. The number of carbonyl (C=O) groups is 1. The first kappa shape index (κ1) is 8.81. The number of Topliss-reactive ketones (excluding diaryl/α,β-unsaturated/α-hetero) is 1. The number of hydrogen-bond donors (Lipinski definition) is 0. The highest BCUT2D eigenvalue weighted by molar-refractivity contribution is 5.81. The van der Waals surface area contributed by atoms with Crippen LogP contribution in [0.2, 0.25) is 0 Å². The third-order valence-electron chi connectivity index (χ3n) is 1.98. The van der Waals surface area contributed by atoms with Crippen LogP contribution in [0.15, 0.2) is 30.3 Å². The van der Waals surface area contributed by atoms with Gasteiger partial charge in [-0.25, -0.2) is 0 Å². The second-order valence-electron chi connectivity index (χ2n) is 3.27. The molecule has 2 rings (SSSR count). The normalized spacial score (nSPS) is 10.4. The standard InChI is InChI=1S/C11H10N2O/c1-8(14)6-10-7-9-4-2-3-5-11(9)13-12-10/h2-5,7H,6H2,1H3. The molecule has 0 aliphatic heterocycles. The number of benzene rings is 1. The highest BCUT2D eigenvalue weighted by Gasteiger charge is 2.01. The van der Waals surface area contributed by atoms with Gasteiger partial charge in [0.15, 0.2) is 0 Å². The summed E-state index contributed by atoms with van der Waals surface area (Å²) < 4.78 is 0. The maximum Gasteiger partial charge on any atom is 0.135 e. The van der Waals surface area contributed by atoms with E-state index in [2.05, 4.69) is 10.2 Å². The van der Waals surface area contributed by atoms with Crippen LogP contribution < -0.4 is 0 Å². The number of fused-ring (bicyclic) bond motifs is 1. The molecule has 0 unspecified atom stereocenters. The second kappa shape index (κ2) is 3.54. The molecule has 70 valence electrons. The zero-order valence-electron chi connectivity index (χ0n) is 7.90. The summed E-state index contributed by atoms with van der Waals surface area (Å²) in [6.45, 7) is 1.55. The zero-order chi connectivity index (χ0) is 9.97. The molecule has 0 fully saturated rings. The molecule has 0 N–H and O–H groups in total. The van der Waals surface area contributed by atoms with Crippen molar-refractivity contribution in [2.75, 3.05) is 0 Å². The molecule has 1 aromatic carbocycles. The smallest absolute Gasteiger partial charge is 0.135 e. The van der Waals surface area contributed by atoms with Gasteiger partial charge in [-0.3, -0.25) is 4.79 Å². The Labute approximate surface area is 81.8 Å².